The van der Waals surface area contributed by atoms with Crippen LogP contribution in [0.5, 0.6) is 0 Å². The number of ether oxygens (including phenoxy) is 1. The van der Waals surface area contributed by atoms with Crippen LogP contribution in [-0.4, -0.2) is 67.3 Å². The number of nitrogens with zero attached hydrogens (tertiary/aromatic N) is 2. The summed E-state index contributed by atoms with van der Waals surface area (Å²) >= 11 is 0. The maximum Gasteiger partial charge on any atom is 0.410 e. The molecule has 0 radical (unpaired) electrons. The first-order valence-corrected chi connectivity index (χ1v) is 11.8. The summed E-state index contributed by atoms with van der Waals surface area (Å²) in [5.41, 5.74) is 5.75. The first-order valence-electron chi connectivity index (χ1n) is 11.8. The number of rotatable bonds is 4. The third-order valence-corrected chi connectivity index (χ3v) is 6.99. The zero-order chi connectivity index (χ0) is 20.5. The molecular weight excluding hydrogens is 368 g/mol. The number of hydrogen-bond donors (Lipinski definition) is 2. The molecule has 7 nitrogen and oxygen atoms in total. The van der Waals surface area contributed by atoms with Crippen LogP contribution in [0.15, 0.2) is 0 Å². The summed E-state index contributed by atoms with van der Waals surface area (Å²) in [5, 5.41) is 3.10. The Hall–Kier alpha value is -1.50. The van der Waals surface area contributed by atoms with Crippen molar-refractivity contribution in [1.82, 2.24) is 15.1 Å². The molecule has 1 saturated heterocycles. The van der Waals surface area contributed by atoms with E-state index in [2.05, 4.69) is 5.32 Å². The molecular formula is C22H40N4O3. The van der Waals surface area contributed by atoms with Crippen molar-refractivity contribution in [2.75, 3.05) is 39.3 Å². The maximum absolute atomic E-state index is 12.5. The Kier molecular flexibility index (Phi) is 8.90. The van der Waals surface area contributed by atoms with E-state index in [-0.39, 0.29) is 18.2 Å². The van der Waals surface area contributed by atoms with E-state index < -0.39 is 0 Å². The van der Waals surface area contributed by atoms with Crippen LogP contribution < -0.4 is 11.1 Å². The van der Waals surface area contributed by atoms with Crippen molar-refractivity contribution in [2.45, 2.75) is 76.7 Å². The summed E-state index contributed by atoms with van der Waals surface area (Å²) in [7, 11) is 0. The summed E-state index contributed by atoms with van der Waals surface area (Å²) in [6.45, 7) is 3.80. The average Bonchev–Trinajstić information content (AvgIpc) is 2.74. The zero-order valence-corrected chi connectivity index (χ0v) is 17.9. The monoisotopic (exact) mass is 408 g/mol. The second-order valence-electron chi connectivity index (χ2n) is 9.13. The van der Waals surface area contributed by atoms with Gasteiger partial charge in [0.15, 0.2) is 0 Å². The number of nitrogens with two attached hydrogens (primary N) is 1. The van der Waals surface area contributed by atoms with Gasteiger partial charge in [-0.05, 0) is 69.7 Å². The summed E-state index contributed by atoms with van der Waals surface area (Å²) in [4.78, 5) is 28.6. The SMILES string of the molecule is NCC1CCC(CNC(=O)N2CCN(C(=O)OC3CCCCCCC3)CC2)CC1. The Balaban J connectivity index is 1.32. The fourth-order valence-corrected chi connectivity index (χ4v) is 4.86. The molecule has 0 aromatic heterocycles. The molecule has 0 aromatic rings. The number of piperazine rings is 1. The topological polar surface area (TPSA) is 87.9 Å². The summed E-state index contributed by atoms with van der Waals surface area (Å²) in [6.07, 6.45) is 12.6. The molecule has 2 saturated carbocycles. The summed E-state index contributed by atoms with van der Waals surface area (Å²) in [6, 6.07) is -0.000941. The predicted octanol–water partition coefficient (Wildman–Crippen LogP) is 3.33. The van der Waals surface area contributed by atoms with Gasteiger partial charge in [-0.3, -0.25) is 0 Å². The van der Waals surface area contributed by atoms with Gasteiger partial charge < -0.3 is 25.6 Å². The lowest BCUT2D eigenvalue weighted by atomic mass is 9.82. The number of amides is 3. The lowest BCUT2D eigenvalue weighted by molar-refractivity contribution is 0.0400. The third kappa shape index (κ3) is 7.05. The Bertz CT molecular complexity index is 506. The van der Waals surface area contributed by atoms with Crippen molar-refractivity contribution in [3.05, 3.63) is 0 Å². The van der Waals surface area contributed by atoms with E-state index in [1.165, 1.54) is 32.1 Å². The van der Waals surface area contributed by atoms with E-state index >= 15 is 0 Å². The highest BCUT2D eigenvalue weighted by atomic mass is 16.6. The number of nitrogens with one attached hydrogen (secondary N) is 1. The van der Waals surface area contributed by atoms with Gasteiger partial charge in [-0.2, -0.15) is 0 Å². The van der Waals surface area contributed by atoms with Crippen LogP contribution >= 0.6 is 0 Å². The molecule has 7 heteroatoms. The van der Waals surface area contributed by atoms with E-state index in [0.717, 1.165) is 51.6 Å². The van der Waals surface area contributed by atoms with Gasteiger partial charge in [0, 0.05) is 32.7 Å². The van der Waals surface area contributed by atoms with E-state index in [1.807, 2.05) is 4.90 Å². The van der Waals surface area contributed by atoms with E-state index in [1.54, 1.807) is 4.90 Å². The quantitative estimate of drug-likeness (QED) is 0.747. The van der Waals surface area contributed by atoms with Crippen LogP contribution in [0.2, 0.25) is 0 Å². The second-order valence-corrected chi connectivity index (χ2v) is 9.13. The molecule has 1 heterocycles. The molecule has 0 unspecified atom stereocenters. The van der Waals surface area contributed by atoms with Gasteiger partial charge in [-0.25, -0.2) is 9.59 Å². The molecule has 3 rings (SSSR count). The van der Waals surface area contributed by atoms with Crippen molar-refractivity contribution < 1.29 is 14.3 Å². The molecule has 1 aliphatic heterocycles. The van der Waals surface area contributed by atoms with Crippen molar-refractivity contribution >= 4 is 12.1 Å². The van der Waals surface area contributed by atoms with E-state index in [9.17, 15) is 9.59 Å². The Morgan fingerprint density at radius 1 is 0.793 bits per heavy atom. The van der Waals surface area contributed by atoms with Gasteiger partial charge in [0.1, 0.15) is 6.10 Å². The molecule has 0 spiro atoms. The molecule has 29 heavy (non-hydrogen) atoms. The van der Waals surface area contributed by atoms with Crippen molar-refractivity contribution in [3.8, 4) is 0 Å². The lowest BCUT2D eigenvalue weighted by Gasteiger charge is -2.35. The highest BCUT2D eigenvalue weighted by molar-refractivity contribution is 5.75. The van der Waals surface area contributed by atoms with Crippen LogP contribution in [0.4, 0.5) is 9.59 Å². The minimum atomic E-state index is -0.202. The minimum Gasteiger partial charge on any atom is -0.446 e. The van der Waals surface area contributed by atoms with Crippen LogP contribution in [0.1, 0.15) is 70.6 Å². The van der Waals surface area contributed by atoms with Gasteiger partial charge in [0.05, 0.1) is 0 Å². The molecule has 3 amide bonds. The number of carbonyl (C=O) groups is 2. The first-order chi connectivity index (χ1) is 14.2. The van der Waals surface area contributed by atoms with Gasteiger partial charge >= 0.3 is 12.1 Å². The van der Waals surface area contributed by atoms with Crippen molar-refractivity contribution in [3.63, 3.8) is 0 Å². The Morgan fingerprint density at radius 2 is 1.34 bits per heavy atom. The van der Waals surface area contributed by atoms with Crippen LogP contribution in [0.25, 0.3) is 0 Å². The van der Waals surface area contributed by atoms with Crippen LogP contribution in [0, 0.1) is 11.8 Å². The zero-order valence-electron chi connectivity index (χ0n) is 17.9. The molecule has 0 bridgehead atoms. The number of urea groups is 1. The van der Waals surface area contributed by atoms with Crippen LogP contribution in [0.3, 0.4) is 0 Å². The normalized spacial score (nSPS) is 27.1. The molecule has 3 N–H and O–H groups in total. The first kappa shape index (κ1) is 22.2. The standard InChI is InChI=1S/C22H40N4O3/c23-16-18-8-10-19(11-9-18)17-24-21(27)25-12-14-26(15-13-25)22(28)29-20-6-4-2-1-3-5-7-20/h18-20H,1-17,23H2,(H,24,27). The Morgan fingerprint density at radius 3 is 1.97 bits per heavy atom. The average molecular weight is 409 g/mol. The molecule has 2 aliphatic carbocycles. The summed E-state index contributed by atoms with van der Waals surface area (Å²) in [5.74, 6) is 1.24. The molecule has 3 fully saturated rings. The largest absolute Gasteiger partial charge is 0.446 e. The fourth-order valence-electron chi connectivity index (χ4n) is 4.86. The fraction of sp³-hybridized carbons (Fsp3) is 0.909. The van der Waals surface area contributed by atoms with E-state index in [0.29, 0.717) is 38.0 Å². The number of hydrogen-bond acceptors (Lipinski definition) is 4. The minimum absolute atomic E-state index is 0.000941. The van der Waals surface area contributed by atoms with Gasteiger partial charge in [0.25, 0.3) is 0 Å². The smallest absolute Gasteiger partial charge is 0.410 e. The molecule has 3 aliphatic rings. The lowest BCUT2D eigenvalue weighted by Crippen LogP contribution is -2.54. The highest BCUT2D eigenvalue weighted by Crippen LogP contribution is 2.27. The highest BCUT2D eigenvalue weighted by Gasteiger charge is 2.27. The third-order valence-electron chi connectivity index (χ3n) is 6.99. The molecule has 166 valence electrons. The van der Waals surface area contributed by atoms with E-state index in [4.69, 9.17) is 10.5 Å². The van der Waals surface area contributed by atoms with Gasteiger partial charge in [-0.15, -0.1) is 0 Å². The van der Waals surface area contributed by atoms with Gasteiger partial charge in [0.2, 0.25) is 0 Å². The van der Waals surface area contributed by atoms with Crippen molar-refractivity contribution in [1.29, 1.82) is 0 Å². The summed E-state index contributed by atoms with van der Waals surface area (Å²) < 4.78 is 5.77. The second kappa shape index (κ2) is 11.6. The molecule has 0 aromatic carbocycles. The molecule has 0 atom stereocenters. The maximum atomic E-state index is 12.5. The van der Waals surface area contributed by atoms with Crippen molar-refractivity contribution in [2.24, 2.45) is 17.6 Å². The van der Waals surface area contributed by atoms with Crippen LogP contribution in [-0.2, 0) is 4.74 Å². The Labute approximate surface area is 175 Å². The number of carbonyl (C=O) groups excluding carboxylic acids is 2. The van der Waals surface area contributed by atoms with Gasteiger partial charge in [-0.1, -0.05) is 19.3 Å². The predicted molar refractivity (Wildman–Crippen MR) is 114 cm³/mol.